The molecule has 0 radical (unpaired) electrons. The molecule has 0 aromatic carbocycles. The van der Waals surface area contributed by atoms with Gasteiger partial charge in [0, 0.05) is 38.8 Å². The molecule has 6 N–H and O–H groups in total. The fourth-order valence-corrected chi connectivity index (χ4v) is 4.77. The number of aliphatic hydroxyl groups excluding tert-OH is 1. The second-order valence-corrected chi connectivity index (χ2v) is 11.7. The first-order valence-electron chi connectivity index (χ1n) is 17.3. The van der Waals surface area contributed by atoms with Gasteiger partial charge >= 0.3 is 11.8 Å². The number of nitrogen functional groups attached to an aromatic ring is 1. The van der Waals surface area contributed by atoms with Crippen LogP contribution in [0.15, 0.2) is 90.0 Å². The maximum atomic E-state index is 15.2. The third kappa shape index (κ3) is 16.9. The highest BCUT2D eigenvalue weighted by molar-refractivity contribution is 5.75. The number of halogens is 1. The molecule has 12 nitrogen and oxygen atoms in total. The first-order valence-corrected chi connectivity index (χ1v) is 17.3. The molecule has 2 heterocycles. The van der Waals surface area contributed by atoms with E-state index >= 15 is 4.39 Å². The van der Waals surface area contributed by atoms with Crippen LogP contribution in [-0.2, 0) is 14.3 Å². The van der Waals surface area contributed by atoms with Gasteiger partial charge in [0.1, 0.15) is 24.6 Å². The van der Waals surface area contributed by atoms with E-state index in [2.05, 4.69) is 94.7 Å². The highest BCUT2D eigenvalue weighted by Crippen LogP contribution is 2.40. The predicted molar refractivity (Wildman–Crippen MR) is 195 cm³/mol. The molecule has 1 aliphatic heterocycles. The summed E-state index contributed by atoms with van der Waals surface area (Å²) in [4.78, 5) is 39.7. The van der Waals surface area contributed by atoms with E-state index in [9.17, 15) is 19.5 Å². The largest absolute Gasteiger partial charge is 0.447 e. The normalized spacial score (nSPS) is 21.2. The monoisotopic (exact) mass is 698 g/mol. The van der Waals surface area contributed by atoms with Crippen molar-refractivity contribution in [2.45, 2.75) is 89.3 Å². The van der Waals surface area contributed by atoms with E-state index in [1.807, 2.05) is 6.08 Å². The summed E-state index contributed by atoms with van der Waals surface area (Å²) in [7, 11) is 0. The van der Waals surface area contributed by atoms with Crippen LogP contribution in [0, 0.1) is 0 Å². The molecule has 1 saturated heterocycles. The summed E-state index contributed by atoms with van der Waals surface area (Å²) in [5.74, 6) is -0.0673. The number of nitrogens with one attached hydrogen (secondary N) is 3. The molecule has 1 aromatic rings. The molecule has 0 saturated carbocycles. The predicted octanol–water partition coefficient (Wildman–Crippen LogP) is 4.72. The molecule has 13 heteroatoms. The molecule has 0 spiro atoms. The third-order valence-electron chi connectivity index (χ3n) is 7.53. The molecule has 1 fully saturated rings. The number of alkyl halides is 1. The van der Waals surface area contributed by atoms with E-state index in [4.69, 9.17) is 15.2 Å². The van der Waals surface area contributed by atoms with E-state index in [-0.39, 0.29) is 18.3 Å². The minimum atomic E-state index is -2.35. The van der Waals surface area contributed by atoms with Crippen LogP contribution in [0.3, 0.4) is 0 Å². The van der Waals surface area contributed by atoms with E-state index in [1.165, 1.54) is 12.3 Å². The average molecular weight is 699 g/mol. The van der Waals surface area contributed by atoms with Crippen molar-refractivity contribution in [2.24, 2.45) is 0 Å². The van der Waals surface area contributed by atoms with Gasteiger partial charge in [-0.1, -0.05) is 79.8 Å². The lowest BCUT2D eigenvalue weighted by Gasteiger charge is -2.24. The van der Waals surface area contributed by atoms with Crippen molar-refractivity contribution in [1.29, 1.82) is 0 Å². The second-order valence-electron chi connectivity index (χ2n) is 11.7. The number of nitrogens with two attached hydrogens (primary N) is 1. The molecule has 50 heavy (non-hydrogen) atoms. The Bertz CT molecular complexity index is 1390. The van der Waals surface area contributed by atoms with Gasteiger partial charge in [-0.25, -0.2) is 14.0 Å². The molecule has 1 aliphatic rings. The second kappa shape index (κ2) is 24.7. The maximum Gasteiger partial charge on any atom is 0.407 e. The Morgan fingerprint density at radius 2 is 1.48 bits per heavy atom. The number of anilines is 1. The highest BCUT2D eigenvalue weighted by Gasteiger charge is 2.55. The van der Waals surface area contributed by atoms with Gasteiger partial charge in [0.15, 0.2) is 11.9 Å². The number of carbonyl (C=O) groups excluding carboxylic acids is 2. The Balaban J connectivity index is 1.44. The number of allylic oxidation sites excluding steroid dienone is 12. The number of ether oxygens (including phenoxy) is 2. The third-order valence-corrected chi connectivity index (χ3v) is 7.53. The number of aliphatic hydroxyl groups is 1. The van der Waals surface area contributed by atoms with Gasteiger partial charge in [-0.15, -0.1) is 0 Å². The molecule has 4 atom stereocenters. The number of rotatable bonds is 23. The quantitative estimate of drug-likeness (QED) is 0.0802. The molecule has 0 bridgehead atoms. The summed E-state index contributed by atoms with van der Waals surface area (Å²) in [6, 6.07) is 1.31. The van der Waals surface area contributed by atoms with Gasteiger partial charge < -0.3 is 36.3 Å². The number of hydrogen-bond donors (Lipinski definition) is 5. The summed E-state index contributed by atoms with van der Waals surface area (Å²) < 4.78 is 26.7. The molecular formula is C37H55FN6O6. The van der Waals surface area contributed by atoms with Crippen molar-refractivity contribution in [3.8, 4) is 0 Å². The van der Waals surface area contributed by atoms with Crippen molar-refractivity contribution in [2.75, 3.05) is 38.5 Å². The van der Waals surface area contributed by atoms with Crippen LogP contribution in [0.25, 0.3) is 0 Å². The van der Waals surface area contributed by atoms with Crippen LogP contribution < -0.4 is 27.4 Å². The van der Waals surface area contributed by atoms with Crippen LogP contribution in [0.2, 0.25) is 0 Å². The van der Waals surface area contributed by atoms with Gasteiger partial charge in [0.25, 0.3) is 0 Å². The van der Waals surface area contributed by atoms with Crippen molar-refractivity contribution >= 4 is 17.8 Å². The zero-order valence-electron chi connectivity index (χ0n) is 29.3. The lowest BCUT2D eigenvalue weighted by atomic mass is 9.98. The Hall–Kier alpha value is -4.33. The number of amides is 2. The number of alkyl carbamates (subject to hydrolysis) is 1. The van der Waals surface area contributed by atoms with Gasteiger partial charge in [-0.3, -0.25) is 9.36 Å². The Morgan fingerprint density at radius 3 is 2.04 bits per heavy atom. The first-order chi connectivity index (χ1) is 24.2. The van der Waals surface area contributed by atoms with Gasteiger partial charge in [0.2, 0.25) is 5.91 Å². The topological polar surface area (TPSA) is 170 Å². The number of carbonyl (C=O) groups is 2. The lowest BCUT2D eigenvalue weighted by Crippen LogP contribution is -2.43. The summed E-state index contributed by atoms with van der Waals surface area (Å²) in [6.45, 7) is 4.41. The molecular weight excluding hydrogens is 643 g/mol. The highest BCUT2D eigenvalue weighted by atomic mass is 19.1. The fraction of sp³-hybridized carbons (Fsp3) is 0.514. The lowest BCUT2D eigenvalue weighted by molar-refractivity contribution is -0.120. The number of hydrogen-bond acceptors (Lipinski definition) is 9. The molecule has 2 rings (SSSR count). The summed E-state index contributed by atoms with van der Waals surface area (Å²) in [6.07, 6.45) is 28.7. The SMILES string of the molecule is CCC=CCC=CCC=CCC=CCC=CCC=CCCC(=O)NCCNCCNC(=O)OCC1OC(n2ccc(N)nc2=O)C(C)(F)C1O. The maximum absolute atomic E-state index is 15.2. The van der Waals surface area contributed by atoms with Crippen molar-refractivity contribution in [3.63, 3.8) is 0 Å². The number of nitrogens with zero attached hydrogens (tertiary/aromatic N) is 2. The zero-order chi connectivity index (χ0) is 36.5. The van der Waals surface area contributed by atoms with Crippen LogP contribution in [0.5, 0.6) is 0 Å². The zero-order valence-corrected chi connectivity index (χ0v) is 29.3. The van der Waals surface area contributed by atoms with E-state index in [0.717, 1.165) is 50.0 Å². The summed E-state index contributed by atoms with van der Waals surface area (Å²) in [5.41, 5.74) is 2.29. The van der Waals surface area contributed by atoms with Gasteiger partial charge in [-0.05, 0) is 57.9 Å². The molecule has 4 unspecified atom stereocenters. The Labute approximate surface area is 295 Å². The van der Waals surface area contributed by atoms with E-state index < -0.39 is 42.5 Å². The van der Waals surface area contributed by atoms with Crippen LogP contribution >= 0.6 is 0 Å². The van der Waals surface area contributed by atoms with Crippen molar-refractivity contribution in [1.82, 2.24) is 25.5 Å². The summed E-state index contributed by atoms with van der Waals surface area (Å²) in [5, 5.41) is 18.9. The Morgan fingerprint density at radius 1 is 0.940 bits per heavy atom. The van der Waals surface area contributed by atoms with E-state index in [1.54, 1.807) is 0 Å². The van der Waals surface area contributed by atoms with Gasteiger partial charge in [-0.2, -0.15) is 4.98 Å². The smallest absolute Gasteiger partial charge is 0.407 e. The van der Waals surface area contributed by atoms with Crippen molar-refractivity contribution in [3.05, 3.63) is 95.7 Å². The Kier molecular flexibility index (Phi) is 20.7. The fourth-order valence-electron chi connectivity index (χ4n) is 4.77. The molecule has 276 valence electrons. The van der Waals surface area contributed by atoms with Gasteiger partial charge in [0.05, 0.1) is 0 Å². The van der Waals surface area contributed by atoms with Crippen LogP contribution in [0.1, 0.15) is 71.4 Å². The molecule has 1 aromatic heterocycles. The summed E-state index contributed by atoms with van der Waals surface area (Å²) >= 11 is 0. The van der Waals surface area contributed by atoms with Crippen molar-refractivity contribution < 1.29 is 28.6 Å². The van der Waals surface area contributed by atoms with Crippen LogP contribution in [-0.4, -0.2) is 77.3 Å². The first kappa shape index (κ1) is 41.8. The molecule has 0 aliphatic carbocycles. The standard InChI is InChI=1S/C37H55FN6O6/c1-3-4-5-6-7-8-9-10-11-12-13-14-15-16-17-18-19-20-21-22-32(45)41-26-24-40-25-27-42-36(48)49-29-30-33(46)37(2,38)34(50-30)44-28-23-31(39)43-35(44)47/h4-5,7-8,10-11,13-14,16-17,19-20,23,28,30,33-34,40,46H,3,6,9,12,15,18,21-22,24-27,29H2,1-2H3,(H,41,45)(H,42,48)(H2,39,43,47). The minimum absolute atomic E-state index is 0.0335. The minimum Gasteiger partial charge on any atom is -0.447 e. The average Bonchev–Trinajstić information content (AvgIpc) is 3.31. The van der Waals surface area contributed by atoms with Crippen LogP contribution in [0.4, 0.5) is 15.0 Å². The molecule has 2 amide bonds. The number of aromatic nitrogens is 2. The van der Waals surface area contributed by atoms with E-state index in [0.29, 0.717) is 32.5 Å².